The van der Waals surface area contributed by atoms with E-state index in [4.69, 9.17) is 14.2 Å². The van der Waals surface area contributed by atoms with Crippen molar-refractivity contribution in [3.05, 3.63) is 0 Å². The summed E-state index contributed by atoms with van der Waals surface area (Å²) >= 11 is 0. The van der Waals surface area contributed by atoms with E-state index in [0.29, 0.717) is 13.2 Å². The largest absolute Gasteiger partial charge is 0.465 e. The molecule has 0 aromatic rings. The maximum atomic E-state index is 12.9. The molecule has 5 nitrogen and oxygen atoms in total. The molecule has 0 aromatic heterocycles. The van der Waals surface area contributed by atoms with Gasteiger partial charge in [0.25, 0.3) is 0 Å². The van der Waals surface area contributed by atoms with Crippen LogP contribution in [0.15, 0.2) is 0 Å². The lowest BCUT2D eigenvalue weighted by molar-refractivity contribution is -0.161. The van der Waals surface area contributed by atoms with Crippen LogP contribution < -0.4 is 0 Å². The van der Waals surface area contributed by atoms with Crippen LogP contribution in [0.1, 0.15) is 155 Å². The minimum atomic E-state index is -0.484. The van der Waals surface area contributed by atoms with Gasteiger partial charge in [0.05, 0.1) is 37.3 Å². The van der Waals surface area contributed by atoms with Gasteiger partial charge in [0, 0.05) is 0 Å². The van der Waals surface area contributed by atoms with Crippen LogP contribution in [0.4, 0.5) is 0 Å². The zero-order valence-electron chi connectivity index (χ0n) is 24.3. The number of carbonyl (C=O) groups excluding carboxylic acids is 2. The summed E-state index contributed by atoms with van der Waals surface area (Å²) in [5.41, 5.74) is 0. The van der Waals surface area contributed by atoms with E-state index in [1.807, 2.05) is 0 Å². The molecule has 5 heteroatoms. The lowest BCUT2D eigenvalue weighted by Crippen LogP contribution is -2.40. The number of fused-ring (bicyclic) bond motifs is 2. The summed E-state index contributed by atoms with van der Waals surface area (Å²) in [5.74, 6) is -1.49. The summed E-state index contributed by atoms with van der Waals surface area (Å²) in [6, 6.07) is 0. The van der Waals surface area contributed by atoms with Crippen LogP contribution in [0.25, 0.3) is 0 Å². The van der Waals surface area contributed by atoms with Crippen LogP contribution in [-0.4, -0.2) is 37.4 Å². The zero-order chi connectivity index (χ0) is 26.6. The Labute approximate surface area is 228 Å². The second-order valence-corrected chi connectivity index (χ2v) is 11.5. The third-order valence-corrected chi connectivity index (χ3v) is 8.30. The van der Waals surface area contributed by atoms with Gasteiger partial charge in [-0.2, -0.15) is 0 Å². The van der Waals surface area contributed by atoms with Gasteiger partial charge in [0.2, 0.25) is 0 Å². The molecule has 2 bridgehead atoms. The third kappa shape index (κ3) is 13.0. The molecule has 0 aromatic carbocycles. The fraction of sp³-hybridized carbons (Fsp3) is 0.938. The molecule has 216 valence electrons. The van der Waals surface area contributed by atoms with Gasteiger partial charge >= 0.3 is 11.9 Å². The van der Waals surface area contributed by atoms with Gasteiger partial charge in [0.15, 0.2) is 0 Å². The van der Waals surface area contributed by atoms with Gasteiger partial charge < -0.3 is 14.2 Å². The van der Waals surface area contributed by atoms with Crippen LogP contribution in [0.2, 0.25) is 0 Å². The van der Waals surface area contributed by atoms with Gasteiger partial charge in [-0.1, -0.05) is 129 Å². The first-order chi connectivity index (χ1) is 18.2. The van der Waals surface area contributed by atoms with Gasteiger partial charge in [-0.15, -0.1) is 0 Å². The zero-order valence-corrected chi connectivity index (χ0v) is 24.3. The fourth-order valence-electron chi connectivity index (χ4n) is 5.99. The average molecular weight is 523 g/mol. The van der Waals surface area contributed by atoms with Crippen molar-refractivity contribution in [1.29, 1.82) is 0 Å². The molecule has 0 saturated carbocycles. The predicted octanol–water partition coefficient (Wildman–Crippen LogP) is 8.71. The summed E-state index contributed by atoms with van der Waals surface area (Å²) in [4.78, 5) is 25.7. The minimum Gasteiger partial charge on any atom is -0.465 e. The monoisotopic (exact) mass is 522 g/mol. The predicted molar refractivity (Wildman–Crippen MR) is 150 cm³/mol. The van der Waals surface area contributed by atoms with Gasteiger partial charge in [-0.05, 0) is 25.7 Å². The first-order valence-electron chi connectivity index (χ1n) is 16.2. The topological polar surface area (TPSA) is 61.8 Å². The number of unbranched alkanes of at least 4 members (excludes halogenated alkanes) is 18. The maximum Gasteiger partial charge on any atom is 0.312 e. The average Bonchev–Trinajstić information content (AvgIpc) is 3.52. The summed E-state index contributed by atoms with van der Waals surface area (Å²) in [6.45, 7) is 5.40. The van der Waals surface area contributed by atoms with E-state index in [1.165, 1.54) is 103 Å². The molecule has 2 rings (SSSR count). The number of hydrogen-bond donors (Lipinski definition) is 0. The minimum absolute atomic E-state index is 0.180. The number of esters is 2. The first-order valence-corrected chi connectivity index (χ1v) is 16.2. The lowest BCUT2D eigenvalue weighted by atomic mass is 9.79. The molecular weight excluding hydrogens is 464 g/mol. The van der Waals surface area contributed by atoms with Crippen molar-refractivity contribution in [1.82, 2.24) is 0 Å². The van der Waals surface area contributed by atoms with Crippen molar-refractivity contribution < 1.29 is 23.8 Å². The van der Waals surface area contributed by atoms with Crippen molar-refractivity contribution in [2.24, 2.45) is 11.8 Å². The Bertz CT molecular complexity index is 542. The van der Waals surface area contributed by atoms with Crippen molar-refractivity contribution in [3.8, 4) is 0 Å². The smallest absolute Gasteiger partial charge is 0.312 e. The number of ether oxygens (including phenoxy) is 3. The molecule has 2 fully saturated rings. The molecule has 2 aliphatic heterocycles. The van der Waals surface area contributed by atoms with E-state index in [9.17, 15) is 9.59 Å². The molecule has 4 unspecified atom stereocenters. The Morgan fingerprint density at radius 2 is 0.811 bits per heavy atom. The first kappa shape index (κ1) is 32.1. The van der Waals surface area contributed by atoms with E-state index in [0.717, 1.165) is 38.5 Å². The van der Waals surface area contributed by atoms with E-state index in [-0.39, 0.29) is 24.1 Å². The molecule has 0 N–H and O–H groups in total. The molecule has 0 aliphatic carbocycles. The van der Waals surface area contributed by atoms with E-state index >= 15 is 0 Å². The molecule has 4 atom stereocenters. The van der Waals surface area contributed by atoms with Gasteiger partial charge in [-0.25, -0.2) is 0 Å². The standard InChI is InChI=1S/C32H58O5/c1-3-5-7-9-11-13-15-17-19-21-25-35-31(33)29-27-23-24-28(37-27)30(29)32(34)36-26-22-20-18-16-14-12-10-8-6-4-2/h27-30H,3-26H2,1-2H3. The lowest BCUT2D eigenvalue weighted by Gasteiger charge is -2.25. The highest BCUT2D eigenvalue weighted by Crippen LogP contribution is 2.44. The van der Waals surface area contributed by atoms with Gasteiger partial charge in [-0.3, -0.25) is 9.59 Å². The number of rotatable bonds is 24. The normalized spacial score (nSPS) is 22.4. The highest BCUT2D eigenvalue weighted by Gasteiger charge is 2.56. The number of hydrogen-bond acceptors (Lipinski definition) is 5. The summed E-state index contributed by atoms with van der Waals surface area (Å²) in [6.07, 6.45) is 26.4. The highest BCUT2D eigenvalue weighted by atomic mass is 16.6. The molecule has 0 radical (unpaired) electrons. The van der Waals surface area contributed by atoms with Crippen molar-refractivity contribution in [2.45, 2.75) is 167 Å². The number of carbonyl (C=O) groups is 2. The Kier molecular flexibility index (Phi) is 18.1. The van der Waals surface area contributed by atoms with Gasteiger partial charge in [0.1, 0.15) is 0 Å². The van der Waals surface area contributed by atoms with Crippen molar-refractivity contribution in [3.63, 3.8) is 0 Å². The van der Waals surface area contributed by atoms with Crippen LogP contribution >= 0.6 is 0 Å². The van der Waals surface area contributed by atoms with Crippen LogP contribution in [0.5, 0.6) is 0 Å². The van der Waals surface area contributed by atoms with Crippen molar-refractivity contribution >= 4 is 11.9 Å². The molecule has 0 spiro atoms. The molecular formula is C32H58O5. The Morgan fingerprint density at radius 3 is 1.14 bits per heavy atom. The summed E-state index contributed by atoms with van der Waals surface area (Å²) in [5, 5.41) is 0. The second-order valence-electron chi connectivity index (χ2n) is 11.5. The molecule has 0 amide bonds. The molecule has 2 heterocycles. The van der Waals surface area contributed by atoms with Crippen LogP contribution in [-0.2, 0) is 23.8 Å². The fourth-order valence-corrected chi connectivity index (χ4v) is 5.99. The van der Waals surface area contributed by atoms with Crippen molar-refractivity contribution in [2.75, 3.05) is 13.2 Å². The van der Waals surface area contributed by atoms with E-state index in [1.54, 1.807) is 0 Å². The Balaban J connectivity index is 1.53. The molecule has 2 aliphatic rings. The third-order valence-electron chi connectivity index (χ3n) is 8.30. The summed E-state index contributed by atoms with van der Waals surface area (Å²) < 4.78 is 17.2. The Morgan fingerprint density at radius 1 is 0.514 bits per heavy atom. The van der Waals surface area contributed by atoms with E-state index < -0.39 is 11.8 Å². The van der Waals surface area contributed by atoms with Crippen LogP contribution in [0.3, 0.4) is 0 Å². The molecule has 2 saturated heterocycles. The quantitative estimate of drug-likeness (QED) is 0.0937. The summed E-state index contributed by atoms with van der Waals surface area (Å²) in [7, 11) is 0. The molecule has 37 heavy (non-hydrogen) atoms. The highest BCUT2D eigenvalue weighted by molar-refractivity contribution is 5.84. The van der Waals surface area contributed by atoms with E-state index in [2.05, 4.69) is 13.8 Å². The Hall–Kier alpha value is -1.10. The van der Waals surface area contributed by atoms with Crippen LogP contribution in [0, 0.1) is 11.8 Å². The second kappa shape index (κ2) is 20.8. The SMILES string of the molecule is CCCCCCCCCCCCOC(=O)C1C2CCC(O2)C1C(=O)OCCCCCCCCCCCC. The maximum absolute atomic E-state index is 12.9.